The largest absolute Gasteiger partial charge is 0.462 e. The van der Waals surface area contributed by atoms with Crippen molar-refractivity contribution in [1.29, 1.82) is 0 Å². The summed E-state index contributed by atoms with van der Waals surface area (Å²) in [6.45, 7) is 4.12. The first kappa shape index (κ1) is 17.1. The average molecular weight is 319 g/mol. The molecule has 20 heavy (non-hydrogen) atoms. The quantitative estimate of drug-likeness (QED) is 0.589. The van der Waals surface area contributed by atoms with Crippen molar-refractivity contribution >= 4 is 27.3 Å². The summed E-state index contributed by atoms with van der Waals surface area (Å²) in [5, 5.41) is 5.07. The van der Waals surface area contributed by atoms with Crippen molar-refractivity contribution in [2.45, 2.75) is 50.8 Å². The maximum atomic E-state index is 11.8. The molecule has 114 valence electrons. The van der Waals surface area contributed by atoms with Gasteiger partial charge in [0.25, 0.3) is 0 Å². The highest BCUT2D eigenvalue weighted by Gasteiger charge is 2.19. The molecule has 0 unspecified atom stereocenters. The van der Waals surface area contributed by atoms with E-state index in [2.05, 4.69) is 6.92 Å². The van der Waals surface area contributed by atoms with Crippen LogP contribution < -0.4 is 5.14 Å². The molecule has 1 aromatic heterocycles. The fourth-order valence-electron chi connectivity index (χ4n) is 1.79. The van der Waals surface area contributed by atoms with E-state index in [1.807, 2.05) is 0 Å². The molecule has 0 fully saturated rings. The van der Waals surface area contributed by atoms with E-state index in [0.29, 0.717) is 11.5 Å². The molecule has 0 amide bonds. The molecule has 0 bridgehead atoms. The smallest absolute Gasteiger partial charge is 0.348 e. The van der Waals surface area contributed by atoms with Gasteiger partial charge in [-0.1, -0.05) is 32.6 Å². The molecule has 0 radical (unpaired) electrons. The maximum absolute atomic E-state index is 11.8. The highest BCUT2D eigenvalue weighted by molar-refractivity contribution is 7.89. The number of carbonyl (C=O) groups excluding carboxylic acids is 1. The SMILES string of the molecule is CCCCCCCOC(=O)c1cc(S(N)(=O)=O)c(C)s1. The van der Waals surface area contributed by atoms with E-state index in [1.54, 1.807) is 6.92 Å². The topological polar surface area (TPSA) is 86.5 Å². The Kier molecular flexibility index (Phi) is 6.64. The number of hydrogen-bond acceptors (Lipinski definition) is 5. The maximum Gasteiger partial charge on any atom is 0.348 e. The zero-order chi connectivity index (χ0) is 15.2. The van der Waals surface area contributed by atoms with Gasteiger partial charge in [0.1, 0.15) is 4.88 Å². The lowest BCUT2D eigenvalue weighted by molar-refractivity contribution is 0.0503. The summed E-state index contributed by atoms with van der Waals surface area (Å²) in [4.78, 5) is 12.6. The first-order valence-corrected chi connectivity index (χ1v) is 9.03. The highest BCUT2D eigenvalue weighted by atomic mass is 32.2. The number of carbonyl (C=O) groups is 1. The Morgan fingerprint density at radius 2 is 1.95 bits per heavy atom. The van der Waals surface area contributed by atoms with Gasteiger partial charge in [-0.3, -0.25) is 0 Å². The third kappa shape index (κ3) is 5.22. The van der Waals surface area contributed by atoms with E-state index >= 15 is 0 Å². The second-order valence-electron chi connectivity index (χ2n) is 4.63. The first-order valence-electron chi connectivity index (χ1n) is 6.66. The van der Waals surface area contributed by atoms with Crippen LogP contribution in [0.25, 0.3) is 0 Å². The molecule has 2 N–H and O–H groups in total. The van der Waals surface area contributed by atoms with Gasteiger partial charge in [-0.15, -0.1) is 11.3 Å². The van der Waals surface area contributed by atoms with Crippen LogP contribution in [0.4, 0.5) is 0 Å². The Morgan fingerprint density at radius 3 is 2.50 bits per heavy atom. The van der Waals surface area contributed by atoms with Crippen LogP contribution in [0.5, 0.6) is 0 Å². The molecule has 0 saturated heterocycles. The van der Waals surface area contributed by atoms with Crippen LogP contribution in [0, 0.1) is 6.92 Å². The Morgan fingerprint density at radius 1 is 1.30 bits per heavy atom. The minimum atomic E-state index is -3.78. The molecule has 0 spiro atoms. The molecule has 5 nitrogen and oxygen atoms in total. The lowest BCUT2D eigenvalue weighted by Crippen LogP contribution is -2.12. The van der Waals surface area contributed by atoms with E-state index < -0.39 is 16.0 Å². The Balaban J connectivity index is 2.49. The molecule has 1 aromatic rings. The number of sulfonamides is 1. The van der Waals surface area contributed by atoms with E-state index in [4.69, 9.17) is 9.88 Å². The summed E-state index contributed by atoms with van der Waals surface area (Å²) in [5.41, 5.74) is 0. The van der Waals surface area contributed by atoms with Gasteiger partial charge in [0.05, 0.1) is 11.5 Å². The number of thiophene rings is 1. The van der Waals surface area contributed by atoms with Gasteiger partial charge in [-0.05, 0) is 19.4 Å². The van der Waals surface area contributed by atoms with Crippen molar-refractivity contribution in [3.8, 4) is 0 Å². The van der Waals surface area contributed by atoms with Crippen LogP contribution >= 0.6 is 11.3 Å². The summed E-state index contributed by atoms with van der Waals surface area (Å²) in [6.07, 6.45) is 5.37. The van der Waals surface area contributed by atoms with E-state index in [1.165, 1.54) is 18.9 Å². The number of primary sulfonamides is 1. The number of rotatable bonds is 8. The number of aryl methyl sites for hydroxylation is 1. The number of hydrogen-bond donors (Lipinski definition) is 1. The van der Waals surface area contributed by atoms with E-state index in [-0.39, 0.29) is 9.77 Å². The van der Waals surface area contributed by atoms with Gasteiger partial charge in [-0.2, -0.15) is 0 Å². The third-order valence-electron chi connectivity index (χ3n) is 2.86. The molecular formula is C13H21NO4S2. The molecular weight excluding hydrogens is 298 g/mol. The Hall–Kier alpha value is -0.920. The molecule has 1 heterocycles. The lowest BCUT2D eigenvalue weighted by atomic mass is 10.2. The van der Waals surface area contributed by atoms with Gasteiger partial charge in [0, 0.05) is 4.88 Å². The van der Waals surface area contributed by atoms with E-state index in [0.717, 1.165) is 30.6 Å². The molecule has 0 aliphatic heterocycles. The second-order valence-corrected chi connectivity index (χ2v) is 7.41. The fraction of sp³-hybridized carbons (Fsp3) is 0.615. The Bertz CT molecular complexity index is 549. The summed E-state index contributed by atoms with van der Waals surface area (Å²) < 4.78 is 27.7. The normalized spacial score (nSPS) is 11.6. The van der Waals surface area contributed by atoms with Crippen LogP contribution in [0.15, 0.2) is 11.0 Å². The molecule has 1 rings (SSSR count). The number of ether oxygens (including phenoxy) is 1. The molecule has 0 aliphatic rings. The molecule has 0 saturated carbocycles. The minimum absolute atomic E-state index is 0.00241. The van der Waals surface area contributed by atoms with E-state index in [9.17, 15) is 13.2 Å². The monoisotopic (exact) mass is 319 g/mol. The average Bonchev–Trinajstić information content (AvgIpc) is 2.75. The van der Waals surface area contributed by atoms with Gasteiger partial charge < -0.3 is 4.74 Å². The summed E-state index contributed by atoms with van der Waals surface area (Å²) in [6, 6.07) is 1.29. The van der Waals surface area contributed by atoms with Crippen molar-refractivity contribution < 1.29 is 17.9 Å². The number of unbranched alkanes of at least 4 members (excludes halogenated alkanes) is 4. The fourth-order valence-corrected chi connectivity index (χ4v) is 3.83. The highest BCUT2D eigenvalue weighted by Crippen LogP contribution is 2.25. The molecule has 0 aliphatic carbocycles. The third-order valence-corrected chi connectivity index (χ3v) is 5.06. The van der Waals surface area contributed by atoms with Gasteiger partial charge in [0.15, 0.2) is 0 Å². The van der Waals surface area contributed by atoms with Crippen molar-refractivity contribution in [3.05, 3.63) is 15.8 Å². The van der Waals surface area contributed by atoms with Crippen molar-refractivity contribution in [2.75, 3.05) is 6.61 Å². The van der Waals surface area contributed by atoms with Crippen molar-refractivity contribution in [1.82, 2.24) is 0 Å². The Labute approximate surface area is 124 Å². The number of nitrogens with two attached hydrogens (primary N) is 1. The zero-order valence-electron chi connectivity index (χ0n) is 11.8. The predicted molar refractivity (Wildman–Crippen MR) is 79.5 cm³/mol. The zero-order valence-corrected chi connectivity index (χ0v) is 13.5. The van der Waals surface area contributed by atoms with Gasteiger partial charge >= 0.3 is 5.97 Å². The van der Waals surface area contributed by atoms with Crippen LogP contribution in [-0.4, -0.2) is 21.0 Å². The van der Waals surface area contributed by atoms with Gasteiger partial charge in [-0.25, -0.2) is 18.4 Å². The van der Waals surface area contributed by atoms with Crippen LogP contribution in [-0.2, 0) is 14.8 Å². The first-order chi connectivity index (χ1) is 9.36. The van der Waals surface area contributed by atoms with Crippen LogP contribution in [0.3, 0.4) is 0 Å². The van der Waals surface area contributed by atoms with Crippen molar-refractivity contribution in [3.63, 3.8) is 0 Å². The second kappa shape index (κ2) is 7.75. The summed E-state index contributed by atoms with van der Waals surface area (Å²) in [7, 11) is -3.78. The van der Waals surface area contributed by atoms with Crippen LogP contribution in [0.1, 0.15) is 53.6 Å². The minimum Gasteiger partial charge on any atom is -0.462 e. The van der Waals surface area contributed by atoms with Gasteiger partial charge in [0.2, 0.25) is 10.0 Å². The summed E-state index contributed by atoms with van der Waals surface area (Å²) in [5.74, 6) is -0.483. The van der Waals surface area contributed by atoms with Crippen molar-refractivity contribution in [2.24, 2.45) is 5.14 Å². The predicted octanol–water partition coefficient (Wildman–Crippen LogP) is 2.83. The molecule has 0 atom stereocenters. The lowest BCUT2D eigenvalue weighted by Gasteiger charge is -2.02. The molecule has 0 aromatic carbocycles. The summed E-state index contributed by atoms with van der Waals surface area (Å²) >= 11 is 1.09. The number of esters is 1. The molecule has 7 heteroatoms. The standard InChI is InChI=1S/C13H21NO4S2/c1-3-4-5-6-7-8-18-13(15)11-9-12(10(2)19-11)20(14,16)17/h9H,3-8H2,1-2H3,(H2,14,16,17). The van der Waals surface area contributed by atoms with Crippen LogP contribution in [0.2, 0.25) is 0 Å².